The predicted octanol–water partition coefficient (Wildman–Crippen LogP) is 1.58. The molecule has 0 amide bonds. The van der Waals surface area contributed by atoms with Crippen molar-refractivity contribution < 1.29 is 4.79 Å². The van der Waals surface area contributed by atoms with Crippen LogP contribution in [-0.4, -0.2) is 13.0 Å². The minimum Gasteiger partial charge on any atom is -0.303 e. The summed E-state index contributed by atoms with van der Waals surface area (Å²) in [7, 11) is 0. The second-order valence-corrected chi connectivity index (χ2v) is 2.02. The molecule has 0 aromatic heterocycles. The normalized spacial score (nSPS) is 11.3. The number of nitrogens with zero attached hydrogens (tertiary/aromatic N) is 1. The van der Waals surface area contributed by atoms with Gasteiger partial charge in [0.2, 0.25) is 0 Å². The minimum atomic E-state index is 0.0903. The molecule has 2 nitrogen and oxygen atoms in total. The zero-order valence-electron chi connectivity index (χ0n) is 6.13. The van der Waals surface area contributed by atoms with Gasteiger partial charge >= 0.3 is 0 Å². The molecule has 1 atom stereocenters. The Hall–Kier alpha value is -1.14. The summed E-state index contributed by atoms with van der Waals surface area (Å²) in [5, 5.41) is 0. The van der Waals surface area contributed by atoms with Crippen LogP contribution >= 0.6 is 0 Å². The number of carbonyl (C=O) groups excluding carboxylic acids is 1. The van der Waals surface area contributed by atoms with E-state index in [-0.39, 0.29) is 5.92 Å². The van der Waals surface area contributed by atoms with E-state index in [9.17, 15) is 4.79 Å². The first-order chi connectivity index (χ1) is 4.76. The molecule has 0 heterocycles. The predicted molar refractivity (Wildman–Crippen MR) is 42.0 cm³/mol. The van der Waals surface area contributed by atoms with Crippen molar-refractivity contribution >= 4 is 13.0 Å². The molecule has 10 heavy (non-hydrogen) atoms. The van der Waals surface area contributed by atoms with Gasteiger partial charge in [0.15, 0.2) is 0 Å². The highest BCUT2D eigenvalue weighted by atomic mass is 16.1. The third kappa shape index (κ3) is 2.42. The summed E-state index contributed by atoms with van der Waals surface area (Å²) in [6.07, 6.45) is 1.31. The van der Waals surface area contributed by atoms with Gasteiger partial charge in [-0.05, 0) is 6.72 Å². The van der Waals surface area contributed by atoms with Crippen molar-refractivity contribution in [2.75, 3.05) is 0 Å². The van der Waals surface area contributed by atoms with Crippen LogP contribution in [0.2, 0.25) is 0 Å². The fraction of sp³-hybridized carbons (Fsp3) is 0.375. The van der Waals surface area contributed by atoms with E-state index in [4.69, 9.17) is 0 Å². The van der Waals surface area contributed by atoms with E-state index in [1.807, 2.05) is 6.92 Å². The molecule has 0 aliphatic rings. The van der Waals surface area contributed by atoms with Crippen molar-refractivity contribution in [1.29, 1.82) is 0 Å². The maximum absolute atomic E-state index is 10.0. The third-order valence-electron chi connectivity index (χ3n) is 1.27. The van der Waals surface area contributed by atoms with Gasteiger partial charge in [0.1, 0.15) is 6.29 Å². The minimum absolute atomic E-state index is 0.0903. The fourth-order valence-electron chi connectivity index (χ4n) is 0.642. The molecule has 0 bridgehead atoms. The fourth-order valence-corrected chi connectivity index (χ4v) is 0.642. The van der Waals surface area contributed by atoms with Crippen molar-refractivity contribution in [1.82, 2.24) is 0 Å². The van der Waals surface area contributed by atoms with E-state index < -0.39 is 0 Å². The Kier molecular flexibility index (Phi) is 4.17. The highest BCUT2D eigenvalue weighted by Gasteiger charge is 2.03. The quantitative estimate of drug-likeness (QED) is 0.328. The molecule has 0 fully saturated rings. The molecule has 0 aromatic carbocycles. The summed E-state index contributed by atoms with van der Waals surface area (Å²) in [4.78, 5) is 13.7. The summed E-state index contributed by atoms with van der Waals surface area (Å²) in [5.74, 6) is 0.0903. The number of aldehydes is 1. The average molecular weight is 137 g/mol. The van der Waals surface area contributed by atoms with E-state index in [0.717, 1.165) is 6.29 Å². The molecule has 1 unspecified atom stereocenters. The molecule has 0 N–H and O–H groups in total. The van der Waals surface area contributed by atoms with E-state index in [0.29, 0.717) is 12.1 Å². The summed E-state index contributed by atoms with van der Waals surface area (Å²) in [6, 6.07) is 0. The Balaban J connectivity index is 4.15. The Bertz CT molecular complexity index is 178. The van der Waals surface area contributed by atoms with Gasteiger partial charge in [0, 0.05) is 12.3 Å². The molecular weight excluding hydrogens is 126 g/mol. The van der Waals surface area contributed by atoms with Gasteiger partial charge < -0.3 is 4.79 Å². The molecule has 2 heteroatoms. The van der Waals surface area contributed by atoms with Crippen LogP contribution in [-0.2, 0) is 4.79 Å². The van der Waals surface area contributed by atoms with Crippen LogP contribution in [0.25, 0.3) is 0 Å². The first-order valence-corrected chi connectivity index (χ1v) is 3.06. The van der Waals surface area contributed by atoms with Crippen LogP contribution in [0.5, 0.6) is 0 Å². The Morgan fingerprint density at radius 2 is 2.50 bits per heavy atom. The van der Waals surface area contributed by atoms with Crippen LogP contribution in [0.4, 0.5) is 0 Å². The summed E-state index contributed by atoms with van der Waals surface area (Å²) < 4.78 is 0. The van der Waals surface area contributed by atoms with E-state index in [1.54, 1.807) is 0 Å². The smallest absolute Gasteiger partial charge is 0.120 e. The molecule has 0 saturated heterocycles. The van der Waals surface area contributed by atoms with E-state index in [1.165, 1.54) is 0 Å². The first-order valence-electron chi connectivity index (χ1n) is 3.06. The topological polar surface area (TPSA) is 29.4 Å². The Labute approximate surface area is 61.0 Å². The van der Waals surface area contributed by atoms with Gasteiger partial charge in [-0.1, -0.05) is 13.5 Å². The molecular formula is C8H11NO. The van der Waals surface area contributed by atoms with Crippen LogP contribution in [0.15, 0.2) is 23.0 Å². The SMILES string of the molecule is C=C=C(N=C)C(C)CC=O. The molecule has 0 aliphatic heterocycles. The maximum Gasteiger partial charge on any atom is 0.120 e. The number of hydrogen-bond donors (Lipinski definition) is 0. The van der Waals surface area contributed by atoms with Crippen molar-refractivity contribution in [2.45, 2.75) is 13.3 Å². The van der Waals surface area contributed by atoms with Crippen molar-refractivity contribution in [3.63, 3.8) is 0 Å². The highest BCUT2D eigenvalue weighted by Crippen LogP contribution is 2.11. The number of allylic oxidation sites excluding steroid dienone is 1. The number of carbonyl (C=O) groups is 1. The van der Waals surface area contributed by atoms with Crippen molar-refractivity contribution in [3.8, 4) is 0 Å². The van der Waals surface area contributed by atoms with Gasteiger partial charge in [-0.15, -0.1) is 5.73 Å². The second kappa shape index (κ2) is 4.71. The largest absolute Gasteiger partial charge is 0.303 e. The summed E-state index contributed by atoms with van der Waals surface area (Å²) >= 11 is 0. The molecule has 0 aromatic rings. The molecule has 0 aliphatic carbocycles. The van der Waals surface area contributed by atoms with Crippen LogP contribution in [0.1, 0.15) is 13.3 Å². The summed E-state index contributed by atoms with van der Waals surface area (Å²) in [5.41, 5.74) is 3.27. The van der Waals surface area contributed by atoms with Crippen molar-refractivity contribution in [2.24, 2.45) is 10.9 Å². The van der Waals surface area contributed by atoms with Gasteiger partial charge in [0.25, 0.3) is 0 Å². The van der Waals surface area contributed by atoms with Crippen LogP contribution in [0.3, 0.4) is 0 Å². The lowest BCUT2D eigenvalue weighted by Crippen LogP contribution is -1.96. The van der Waals surface area contributed by atoms with Gasteiger partial charge in [-0.25, -0.2) is 0 Å². The van der Waals surface area contributed by atoms with Gasteiger partial charge in [0.05, 0.1) is 5.70 Å². The van der Waals surface area contributed by atoms with Gasteiger partial charge in [-0.3, -0.25) is 4.99 Å². The monoisotopic (exact) mass is 137 g/mol. The molecule has 0 spiro atoms. The maximum atomic E-state index is 10.0. The van der Waals surface area contributed by atoms with Crippen LogP contribution in [0, 0.1) is 5.92 Å². The summed E-state index contributed by atoms with van der Waals surface area (Å²) in [6.45, 7) is 8.64. The molecule has 0 rings (SSSR count). The Morgan fingerprint density at radius 1 is 1.90 bits per heavy atom. The Morgan fingerprint density at radius 3 is 2.80 bits per heavy atom. The highest BCUT2D eigenvalue weighted by molar-refractivity contribution is 5.50. The molecule has 0 saturated carbocycles. The molecule has 0 radical (unpaired) electrons. The van der Waals surface area contributed by atoms with Gasteiger partial charge in [-0.2, -0.15) is 0 Å². The lowest BCUT2D eigenvalue weighted by atomic mass is 10.1. The zero-order valence-corrected chi connectivity index (χ0v) is 6.13. The number of rotatable bonds is 4. The number of aliphatic imine (C=N–C) groups is 1. The number of hydrogen-bond acceptors (Lipinski definition) is 2. The van der Waals surface area contributed by atoms with Crippen LogP contribution < -0.4 is 0 Å². The molecule has 54 valence electrons. The second-order valence-electron chi connectivity index (χ2n) is 2.02. The lowest BCUT2D eigenvalue weighted by molar-refractivity contribution is -0.108. The average Bonchev–Trinajstić information content (AvgIpc) is 1.91. The standard InChI is InChI=1S/C8H11NO/c1-4-8(9-3)7(2)5-6-10/h6-7H,1,3,5H2,2H3. The van der Waals surface area contributed by atoms with E-state index >= 15 is 0 Å². The lowest BCUT2D eigenvalue weighted by Gasteiger charge is -2.03. The van der Waals surface area contributed by atoms with Crippen molar-refractivity contribution in [3.05, 3.63) is 18.0 Å². The third-order valence-corrected chi connectivity index (χ3v) is 1.27. The first kappa shape index (κ1) is 8.86. The van der Waals surface area contributed by atoms with E-state index in [2.05, 4.69) is 24.0 Å². The zero-order chi connectivity index (χ0) is 7.98.